The quantitative estimate of drug-likeness (QED) is 0.547. The van der Waals surface area contributed by atoms with Crippen LogP contribution in [0.1, 0.15) is 17.5 Å². The van der Waals surface area contributed by atoms with E-state index >= 15 is 0 Å². The first-order valence-corrected chi connectivity index (χ1v) is 10.1. The molecular weight excluding hydrogens is 372 g/mol. The van der Waals surface area contributed by atoms with Crippen LogP contribution in [0, 0.1) is 18.3 Å². The van der Waals surface area contributed by atoms with Gasteiger partial charge in [0.15, 0.2) is 0 Å². The van der Waals surface area contributed by atoms with Crippen LogP contribution >= 0.6 is 0 Å². The second kappa shape index (κ2) is 7.29. The summed E-state index contributed by atoms with van der Waals surface area (Å²) in [6.07, 6.45) is 4.68. The van der Waals surface area contributed by atoms with Crippen molar-refractivity contribution in [3.05, 3.63) is 66.0 Å². The van der Waals surface area contributed by atoms with Gasteiger partial charge < -0.3 is 15.6 Å². The molecule has 3 N–H and O–H groups in total. The van der Waals surface area contributed by atoms with Crippen LogP contribution in [0.4, 0.5) is 5.69 Å². The normalized spacial score (nSPS) is 16.2. The van der Waals surface area contributed by atoms with Crippen LogP contribution in [0.3, 0.4) is 0 Å². The van der Waals surface area contributed by atoms with E-state index in [1.807, 2.05) is 48.8 Å². The minimum atomic E-state index is 0.141. The molecule has 148 valence electrons. The molecular formula is C24H22N6. The Kier molecular flexibility index (Phi) is 4.46. The monoisotopic (exact) mass is 394 g/mol. The van der Waals surface area contributed by atoms with E-state index in [1.165, 1.54) is 0 Å². The molecule has 1 aliphatic rings. The number of hydrogen-bond acceptors (Lipinski definition) is 5. The summed E-state index contributed by atoms with van der Waals surface area (Å²) in [7, 11) is 0. The predicted molar refractivity (Wildman–Crippen MR) is 119 cm³/mol. The summed E-state index contributed by atoms with van der Waals surface area (Å²) in [5, 5.41) is 9.36. The number of nitriles is 1. The fourth-order valence-corrected chi connectivity index (χ4v) is 4.23. The van der Waals surface area contributed by atoms with Crippen molar-refractivity contribution in [2.75, 3.05) is 18.0 Å². The van der Waals surface area contributed by atoms with E-state index in [0.29, 0.717) is 5.56 Å². The number of nitrogens with two attached hydrogens (primary N) is 1. The Morgan fingerprint density at radius 1 is 1.17 bits per heavy atom. The Bertz CT molecular complexity index is 1280. The molecule has 6 heteroatoms. The first kappa shape index (κ1) is 18.3. The zero-order valence-electron chi connectivity index (χ0n) is 16.8. The average Bonchev–Trinajstić information content (AvgIpc) is 3.40. The van der Waals surface area contributed by atoms with Crippen LogP contribution in [-0.2, 0) is 0 Å². The average molecular weight is 394 g/mol. The highest BCUT2D eigenvalue weighted by Crippen LogP contribution is 2.40. The Labute approximate surface area is 175 Å². The lowest BCUT2D eigenvalue weighted by Gasteiger charge is -2.24. The van der Waals surface area contributed by atoms with Gasteiger partial charge in [-0.1, -0.05) is 24.3 Å². The lowest BCUT2D eigenvalue weighted by molar-refractivity contribution is 0.752. The van der Waals surface area contributed by atoms with E-state index in [4.69, 9.17) is 10.7 Å². The minimum Gasteiger partial charge on any atom is -0.369 e. The zero-order valence-corrected chi connectivity index (χ0v) is 16.8. The van der Waals surface area contributed by atoms with Gasteiger partial charge >= 0.3 is 0 Å². The summed E-state index contributed by atoms with van der Waals surface area (Å²) < 4.78 is 0. The molecule has 0 spiro atoms. The zero-order chi connectivity index (χ0) is 20.7. The molecule has 0 bridgehead atoms. The fourth-order valence-electron chi connectivity index (χ4n) is 4.23. The van der Waals surface area contributed by atoms with Gasteiger partial charge in [0.1, 0.15) is 5.82 Å². The van der Waals surface area contributed by atoms with Gasteiger partial charge in [-0.2, -0.15) is 5.26 Å². The Hall–Kier alpha value is -3.69. The molecule has 2 aromatic heterocycles. The number of rotatable bonds is 3. The molecule has 6 nitrogen and oxygen atoms in total. The largest absolute Gasteiger partial charge is 0.369 e. The predicted octanol–water partition coefficient (Wildman–Crippen LogP) is 4.01. The number of H-pyrrole nitrogens is 1. The van der Waals surface area contributed by atoms with Gasteiger partial charge in [0.05, 0.1) is 33.9 Å². The van der Waals surface area contributed by atoms with Gasteiger partial charge in [0, 0.05) is 37.1 Å². The molecule has 1 atom stereocenters. The Balaban J connectivity index is 1.74. The van der Waals surface area contributed by atoms with Crippen molar-refractivity contribution in [2.24, 2.45) is 5.73 Å². The lowest BCUT2D eigenvalue weighted by Crippen LogP contribution is -2.27. The molecule has 1 aliphatic heterocycles. The van der Waals surface area contributed by atoms with Crippen LogP contribution in [0.25, 0.3) is 33.5 Å². The third kappa shape index (κ3) is 3.10. The molecule has 0 radical (unpaired) electrons. The summed E-state index contributed by atoms with van der Waals surface area (Å²) in [5.41, 5.74) is 13.9. The lowest BCUT2D eigenvalue weighted by atomic mass is 10.00. The number of anilines is 1. The SMILES string of the molecule is Cc1cccc2[nH]c(-c3cncc(-c4cccc(C#N)c4)c3N3CC[C@H](N)C3)nc12. The van der Waals surface area contributed by atoms with Crippen molar-refractivity contribution in [1.29, 1.82) is 5.26 Å². The number of pyridine rings is 1. The van der Waals surface area contributed by atoms with Crippen LogP contribution in [-0.4, -0.2) is 34.1 Å². The molecule has 5 rings (SSSR count). The maximum absolute atomic E-state index is 9.36. The van der Waals surface area contributed by atoms with Crippen molar-refractivity contribution < 1.29 is 0 Å². The number of nitrogens with one attached hydrogen (secondary N) is 1. The van der Waals surface area contributed by atoms with E-state index in [0.717, 1.165) is 64.3 Å². The topological polar surface area (TPSA) is 94.6 Å². The molecule has 0 amide bonds. The summed E-state index contributed by atoms with van der Waals surface area (Å²) in [6.45, 7) is 3.72. The number of benzene rings is 2. The number of nitrogens with zero attached hydrogens (tertiary/aromatic N) is 4. The summed E-state index contributed by atoms with van der Waals surface area (Å²) >= 11 is 0. The summed E-state index contributed by atoms with van der Waals surface area (Å²) in [6, 6.07) is 16.2. The number of hydrogen-bond donors (Lipinski definition) is 2. The Morgan fingerprint density at radius 3 is 2.77 bits per heavy atom. The summed E-state index contributed by atoms with van der Waals surface area (Å²) in [4.78, 5) is 15.2. The molecule has 4 aromatic rings. The Morgan fingerprint density at radius 2 is 2.00 bits per heavy atom. The number of imidazole rings is 1. The van der Waals surface area contributed by atoms with Gasteiger partial charge in [0.25, 0.3) is 0 Å². The third-order valence-electron chi connectivity index (χ3n) is 5.73. The highest BCUT2D eigenvalue weighted by molar-refractivity contribution is 5.91. The summed E-state index contributed by atoms with van der Waals surface area (Å²) in [5.74, 6) is 0.792. The third-order valence-corrected chi connectivity index (χ3v) is 5.73. The van der Waals surface area contributed by atoms with Gasteiger partial charge in [-0.25, -0.2) is 4.98 Å². The fraction of sp³-hybridized carbons (Fsp3) is 0.208. The van der Waals surface area contributed by atoms with E-state index < -0.39 is 0 Å². The molecule has 30 heavy (non-hydrogen) atoms. The van der Waals surface area contributed by atoms with Crippen molar-refractivity contribution in [2.45, 2.75) is 19.4 Å². The van der Waals surface area contributed by atoms with Crippen molar-refractivity contribution >= 4 is 16.7 Å². The first-order chi connectivity index (χ1) is 14.6. The number of aromatic nitrogens is 3. The number of fused-ring (bicyclic) bond motifs is 1. The van der Waals surface area contributed by atoms with Gasteiger partial charge in [-0.15, -0.1) is 0 Å². The second-order valence-electron chi connectivity index (χ2n) is 7.83. The van der Waals surface area contributed by atoms with Gasteiger partial charge in [-0.3, -0.25) is 4.98 Å². The molecule has 1 fully saturated rings. The molecule has 0 aliphatic carbocycles. The number of aryl methyl sites for hydroxylation is 1. The van der Waals surface area contributed by atoms with Crippen LogP contribution in [0.15, 0.2) is 54.9 Å². The number of para-hydroxylation sites is 1. The highest BCUT2D eigenvalue weighted by atomic mass is 15.2. The van der Waals surface area contributed by atoms with Crippen LogP contribution < -0.4 is 10.6 Å². The smallest absolute Gasteiger partial charge is 0.142 e. The molecule has 2 aromatic carbocycles. The number of aromatic amines is 1. The van der Waals surface area contributed by atoms with Crippen LogP contribution in [0.5, 0.6) is 0 Å². The molecule has 1 saturated heterocycles. The van der Waals surface area contributed by atoms with E-state index in [1.54, 1.807) is 0 Å². The first-order valence-electron chi connectivity index (χ1n) is 10.1. The van der Waals surface area contributed by atoms with Crippen molar-refractivity contribution in [1.82, 2.24) is 15.0 Å². The molecule has 3 heterocycles. The minimum absolute atomic E-state index is 0.141. The maximum Gasteiger partial charge on any atom is 0.142 e. The van der Waals surface area contributed by atoms with Crippen LogP contribution in [0.2, 0.25) is 0 Å². The van der Waals surface area contributed by atoms with Crippen molar-refractivity contribution in [3.8, 4) is 28.6 Å². The van der Waals surface area contributed by atoms with Crippen molar-refractivity contribution in [3.63, 3.8) is 0 Å². The molecule has 0 saturated carbocycles. The van der Waals surface area contributed by atoms with E-state index in [9.17, 15) is 5.26 Å². The maximum atomic E-state index is 9.36. The second-order valence-corrected chi connectivity index (χ2v) is 7.83. The highest BCUT2D eigenvalue weighted by Gasteiger charge is 2.26. The molecule has 0 unspecified atom stereocenters. The van der Waals surface area contributed by atoms with E-state index in [-0.39, 0.29) is 6.04 Å². The van der Waals surface area contributed by atoms with Gasteiger partial charge in [0.2, 0.25) is 0 Å². The van der Waals surface area contributed by atoms with E-state index in [2.05, 4.69) is 33.9 Å². The van der Waals surface area contributed by atoms with Gasteiger partial charge in [-0.05, 0) is 42.7 Å². The standard InChI is InChI=1S/C24H22N6/c1-15-4-2-7-21-22(15)29-24(28-21)20-13-27-12-19(17-6-3-5-16(10-17)11-25)23(20)30-9-8-18(26)14-30/h2-7,10,12-13,18H,8-9,14,26H2,1H3,(H,28,29)/t18-/m0/s1.